The van der Waals surface area contributed by atoms with Gasteiger partial charge in [-0.15, -0.1) is 0 Å². The molecule has 0 radical (unpaired) electrons. The lowest BCUT2D eigenvalue weighted by molar-refractivity contribution is -0.136. The quantitative estimate of drug-likeness (QED) is 0.205. The normalized spacial score (nSPS) is 10.9. The van der Waals surface area contributed by atoms with Gasteiger partial charge in [0.25, 0.3) is 0 Å². The molecule has 23 heavy (non-hydrogen) atoms. The van der Waals surface area contributed by atoms with Gasteiger partial charge in [0.2, 0.25) is 0 Å². The average molecular weight is 325 g/mol. The fourth-order valence-electron chi connectivity index (χ4n) is 2.92. The largest absolute Gasteiger partial charge is 0.291 e. The second-order valence-electron chi connectivity index (χ2n) is 6.94. The molecule has 0 amide bonds. The summed E-state index contributed by atoms with van der Waals surface area (Å²) >= 11 is 0. The van der Waals surface area contributed by atoms with E-state index in [4.69, 9.17) is 0 Å². The zero-order valence-corrected chi connectivity index (χ0v) is 15.8. The number of unbranched alkanes of at least 4 members (excludes halogenated alkanes) is 13. The zero-order valence-electron chi connectivity index (χ0n) is 15.8. The third-order valence-electron chi connectivity index (χ3n) is 4.58. The Morgan fingerprint density at radius 3 is 1.13 bits per heavy atom. The van der Waals surface area contributed by atoms with E-state index in [1.807, 2.05) is 6.92 Å². The standard InChI is InChI=1S/C21H40O2/c1-3-5-7-8-9-10-11-12-13-14-15-16-17-19-21(23)20(22)18-6-4-2/h3-19H2,1-2H3. The highest BCUT2D eigenvalue weighted by atomic mass is 16.2. The molecule has 0 aliphatic rings. The van der Waals surface area contributed by atoms with E-state index in [1.165, 1.54) is 70.6 Å². The Hall–Kier alpha value is -0.660. The summed E-state index contributed by atoms with van der Waals surface area (Å²) in [6, 6.07) is 0. The Labute approximate surface area is 144 Å². The summed E-state index contributed by atoms with van der Waals surface area (Å²) < 4.78 is 0. The van der Waals surface area contributed by atoms with E-state index in [9.17, 15) is 9.59 Å². The van der Waals surface area contributed by atoms with E-state index in [1.54, 1.807) is 0 Å². The highest BCUT2D eigenvalue weighted by molar-refractivity contribution is 6.37. The van der Waals surface area contributed by atoms with Gasteiger partial charge >= 0.3 is 0 Å². The van der Waals surface area contributed by atoms with Crippen molar-refractivity contribution < 1.29 is 9.59 Å². The van der Waals surface area contributed by atoms with Crippen LogP contribution in [0.2, 0.25) is 0 Å². The van der Waals surface area contributed by atoms with Gasteiger partial charge in [0.1, 0.15) is 0 Å². The van der Waals surface area contributed by atoms with Crippen LogP contribution in [0, 0.1) is 0 Å². The zero-order chi connectivity index (χ0) is 17.2. The van der Waals surface area contributed by atoms with Gasteiger partial charge in [-0.05, 0) is 12.8 Å². The maximum atomic E-state index is 11.6. The summed E-state index contributed by atoms with van der Waals surface area (Å²) in [7, 11) is 0. The molecule has 136 valence electrons. The van der Waals surface area contributed by atoms with E-state index in [2.05, 4.69) is 6.92 Å². The van der Waals surface area contributed by atoms with Crippen molar-refractivity contribution in [3.05, 3.63) is 0 Å². The number of ketones is 2. The van der Waals surface area contributed by atoms with Crippen LogP contribution in [-0.4, -0.2) is 11.6 Å². The van der Waals surface area contributed by atoms with Crippen molar-refractivity contribution in [2.75, 3.05) is 0 Å². The Balaban J connectivity index is 3.21. The molecule has 0 heterocycles. The Kier molecular flexibility index (Phi) is 17.2. The molecule has 0 rings (SSSR count). The molecule has 0 N–H and O–H groups in total. The fourth-order valence-corrected chi connectivity index (χ4v) is 2.92. The molecule has 2 nitrogen and oxygen atoms in total. The van der Waals surface area contributed by atoms with Crippen molar-refractivity contribution in [2.45, 2.75) is 123 Å². The summed E-state index contributed by atoms with van der Waals surface area (Å²) in [6.45, 7) is 4.31. The van der Waals surface area contributed by atoms with Crippen LogP contribution in [0.15, 0.2) is 0 Å². The number of Topliss-reactive ketones (excluding diaryl/α,β-unsaturated/α-hetero) is 2. The molecule has 0 saturated heterocycles. The first-order valence-electron chi connectivity index (χ1n) is 10.3. The molecule has 0 bridgehead atoms. The molecule has 2 heteroatoms. The Morgan fingerprint density at radius 1 is 0.435 bits per heavy atom. The third kappa shape index (κ3) is 16.0. The van der Waals surface area contributed by atoms with Crippen molar-refractivity contribution in [1.82, 2.24) is 0 Å². The van der Waals surface area contributed by atoms with Gasteiger partial charge in [-0.1, -0.05) is 97.3 Å². The number of hydrogen-bond donors (Lipinski definition) is 0. The summed E-state index contributed by atoms with van der Waals surface area (Å²) in [5.41, 5.74) is 0. The van der Waals surface area contributed by atoms with Crippen molar-refractivity contribution in [2.24, 2.45) is 0 Å². The number of hydrogen-bond acceptors (Lipinski definition) is 2. The van der Waals surface area contributed by atoms with Gasteiger partial charge in [-0.25, -0.2) is 0 Å². The van der Waals surface area contributed by atoms with Crippen LogP contribution in [-0.2, 0) is 9.59 Å². The maximum Gasteiger partial charge on any atom is 0.198 e. The minimum atomic E-state index is -0.147. The van der Waals surface area contributed by atoms with E-state index in [-0.39, 0.29) is 11.6 Å². The lowest BCUT2D eigenvalue weighted by Crippen LogP contribution is -2.13. The monoisotopic (exact) mass is 324 g/mol. The van der Waals surface area contributed by atoms with Gasteiger partial charge in [0, 0.05) is 12.8 Å². The molecule has 0 unspecified atom stereocenters. The molecule has 0 atom stereocenters. The highest BCUT2D eigenvalue weighted by Crippen LogP contribution is 2.13. The average Bonchev–Trinajstić information content (AvgIpc) is 2.56. The maximum absolute atomic E-state index is 11.6. The summed E-state index contributed by atoms with van der Waals surface area (Å²) in [4.78, 5) is 23.1. The molecule has 0 saturated carbocycles. The molecular weight excluding hydrogens is 284 g/mol. The van der Waals surface area contributed by atoms with E-state index >= 15 is 0 Å². The van der Waals surface area contributed by atoms with E-state index in [0.717, 1.165) is 25.7 Å². The molecule has 0 spiro atoms. The first kappa shape index (κ1) is 22.3. The molecule has 0 aromatic heterocycles. The lowest BCUT2D eigenvalue weighted by atomic mass is 10.0. The first-order chi connectivity index (χ1) is 11.2. The second kappa shape index (κ2) is 17.7. The smallest absolute Gasteiger partial charge is 0.198 e. The number of carbonyl (C=O) groups is 2. The van der Waals surface area contributed by atoms with Crippen molar-refractivity contribution >= 4 is 11.6 Å². The summed E-state index contributed by atoms with van der Waals surface area (Å²) in [6.07, 6.45) is 19.7. The molecule has 0 aliphatic heterocycles. The van der Waals surface area contributed by atoms with Gasteiger partial charge in [-0.2, -0.15) is 0 Å². The minimum absolute atomic E-state index is 0.137. The lowest BCUT2D eigenvalue weighted by Gasteiger charge is -2.03. The van der Waals surface area contributed by atoms with E-state index < -0.39 is 0 Å². The summed E-state index contributed by atoms with van der Waals surface area (Å²) in [5.74, 6) is -0.285. The number of rotatable bonds is 18. The van der Waals surface area contributed by atoms with Crippen LogP contribution >= 0.6 is 0 Å². The van der Waals surface area contributed by atoms with Gasteiger partial charge in [0.15, 0.2) is 11.6 Å². The molecule has 0 aliphatic carbocycles. The molecule has 0 aromatic rings. The predicted octanol–water partition coefficient (Wildman–Crippen LogP) is 6.80. The second-order valence-corrected chi connectivity index (χ2v) is 6.94. The predicted molar refractivity (Wildman–Crippen MR) is 99.9 cm³/mol. The fraction of sp³-hybridized carbons (Fsp3) is 0.905. The third-order valence-corrected chi connectivity index (χ3v) is 4.58. The van der Waals surface area contributed by atoms with Crippen LogP contribution < -0.4 is 0 Å². The van der Waals surface area contributed by atoms with Gasteiger partial charge in [0.05, 0.1) is 0 Å². The van der Waals surface area contributed by atoms with Crippen LogP contribution in [0.3, 0.4) is 0 Å². The first-order valence-corrected chi connectivity index (χ1v) is 10.3. The van der Waals surface area contributed by atoms with Crippen LogP contribution in [0.25, 0.3) is 0 Å². The topological polar surface area (TPSA) is 34.1 Å². The van der Waals surface area contributed by atoms with E-state index in [0.29, 0.717) is 12.8 Å². The minimum Gasteiger partial charge on any atom is -0.291 e. The SMILES string of the molecule is CCCCCCCCCCCCCCCC(=O)C(=O)CCCC. The molecular formula is C21H40O2. The van der Waals surface area contributed by atoms with Gasteiger partial charge in [-0.3, -0.25) is 9.59 Å². The number of carbonyl (C=O) groups excluding carboxylic acids is 2. The Bertz CT molecular complexity index is 284. The van der Waals surface area contributed by atoms with Crippen molar-refractivity contribution in [3.8, 4) is 0 Å². The van der Waals surface area contributed by atoms with Crippen molar-refractivity contribution in [3.63, 3.8) is 0 Å². The van der Waals surface area contributed by atoms with Crippen LogP contribution in [0.4, 0.5) is 0 Å². The summed E-state index contributed by atoms with van der Waals surface area (Å²) in [5, 5.41) is 0. The Morgan fingerprint density at radius 2 is 0.739 bits per heavy atom. The van der Waals surface area contributed by atoms with Crippen LogP contribution in [0.1, 0.15) is 123 Å². The molecule has 0 aromatic carbocycles. The van der Waals surface area contributed by atoms with Gasteiger partial charge < -0.3 is 0 Å². The van der Waals surface area contributed by atoms with Crippen LogP contribution in [0.5, 0.6) is 0 Å². The molecule has 0 fully saturated rings. The van der Waals surface area contributed by atoms with Crippen molar-refractivity contribution in [1.29, 1.82) is 0 Å². The highest BCUT2D eigenvalue weighted by Gasteiger charge is 2.11.